The molecule has 0 fully saturated rings. The molecule has 0 saturated carbocycles. The van der Waals surface area contributed by atoms with Gasteiger partial charge in [-0.25, -0.2) is 4.98 Å². The predicted molar refractivity (Wildman–Crippen MR) is 70.8 cm³/mol. The molecule has 3 nitrogen and oxygen atoms in total. The van der Waals surface area contributed by atoms with Crippen LogP contribution in [-0.2, 0) is 6.54 Å². The highest BCUT2D eigenvalue weighted by Crippen LogP contribution is 2.21. The van der Waals surface area contributed by atoms with Gasteiger partial charge < -0.3 is 10.2 Å². The summed E-state index contributed by atoms with van der Waals surface area (Å²) in [4.78, 5) is 7.95. The van der Waals surface area contributed by atoms with E-state index < -0.39 is 0 Å². The molecule has 0 aliphatic carbocycles. The molecule has 1 heterocycles. The van der Waals surface area contributed by atoms with Crippen molar-refractivity contribution in [2.45, 2.75) is 27.3 Å². The Hall–Kier alpha value is -1.05. The smallest absolute Gasteiger partial charge is 0.185 e. The lowest BCUT2D eigenvalue weighted by Crippen LogP contribution is -2.21. The lowest BCUT2D eigenvalue weighted by Gasteiger charge is -2.16. The van der Waals surface area contributed by atoms with Gasteiger partial charge in [-0.2, -0.15) is 0 Å². The van der Waals surface area contributed by atoms with Crippen LogP contribution >= 0.6 is 11.3 Å². The van der Waals surface area contributed by atoms with Gasteiger partial charge in [0.2, 0.25) is 0 Å². The van der Waals surface area contributed by atoms with Crippen LogP contribution in [0.15, 0.2) is 6.20 Å². The Kier molecular flexibility index (Phi) is 5.91. The third kappa shape index (κ3) is 3.84. The van der Waals surface area contributed by atoms with Crippen LogP contribution in [-0.4, -0.2) is 24.6 Å². The van der Waals surface area contributed by atoms with Crippen LogP contribution in [0.5, 0.6) is 0 Å². The molecule has 1 aromatic heterocycles. The highest BCUT2D eigenvalue weighted by molar-refractivity contribution is 7.15. The van der Waals surface area contributed by atoms with Crippen LogP contribution in [0.4, 0.5) is 5.13 Å². The van der Waals surface area contributed by atoms with E-state index in [1.807, 2.05) is 13.1 Å². The fourth-order valence-corrected chi connectivity index (χ4v) is 2.36. The summed E-state index contributed by atoms with van der Waals surface area (Å²) in [5.41, 5.74) is 0. The van der Waals surface area contributed by atoms with Gasteiger partial charge in [-0.15, -0.1) is 17.3 Å². The van der Waals surface area contributed by atoms with Gasteiger partial charge in [0.15, 0.2) is 5.13 Å². The van der Waals surface area contributed by atoms with Gasteiger partial charge in [0.1, 0.15) is 0 Å². The van der Waals surface area contributed by atoms with E-state index in [0.29, 0.717) is 0 Å². The minimum Gasteiger partial charge on any atom is -0.349 e. The summed E-state index contributed by atoms with van der Waals surface area (Å²) in [6.45, 7) is 9.78. The molecule has 0 amide bonds. The molecule has 0 bridgehead atoms. The van der Waals surface area contributed by atoms with E-state index in [2.05, 4.69) is 40.9 Å². The normalized spacial score (nSPS) is 9.69. The first-order valence-electron chi connectivity index (χ1n) is 5.61. The van der Waals surface area contributed by atoms with Crippen molar-refractivity contribution in [3.8, 4) is 11.8 Å². The Morgan fingerprint density at radius 1 is 1.44 bits per heavy atom. The van der Waals surface area contributed by atoms with E-state index in [1.165, 1.54) is 4.88 Å². The first kappa shape index (κ1) is 13.0. The Morgan fingerprint density at radius 2 is 2.19 bits per heavy atom. The molecule has 0 radical (unpaired) electrons. The molecule has 0 aliphatic rings. The van der Waals surface area contributed by atoms with Crippen molar-refractivity contribution < 1.29 is 0 Å². The minimum atomic E-state index is 0.745. The van der Waals surface area contributed by atoms with Crippen LogP contribution in [0.25, 0.3) is 0 Å². The maximum absolute atomic E-state index is 4.43. The summed E-state index contributed by atoms with van der Waals surface area (Å²) in [5, 5.41) is 4.38. The SMILES string of the molecule is CC#CCNCc1cnc(N(CC)CC)s1. The lowest BCUT2D eigenvalue weighted by atomic mass is 10.5. The zero-order chi connectivity index (χ0) is 11.8. The third-order valence-corrected chi connectivity index (χ3v) is 3.32. The number of rotatable bonds is 6. The van der Waals surface area contributed by atoms with Gasteiger partial charge in [-0.3, -0.25) is 0 Å². The highest BCUT2D eigenvalue weighted by atomic mass is 32.1. The van der Waals surface area contributed by atoms with Crippen molar-refractivity contribution in [3.63, 3.8) is 0 Å². The van der Waals surface area contributed by atoms with Crippen molar-refractivity contribution in [2.24, 2.45) is 0 Å². The summed E-state index contributed by atoms with van der Waals surface area (Å²) in [5.74, 6) is 5.85. The first-order valence-corrected chi connectivity index (χ1v) is 6.43. The van der Waals surface area contributed by atoms with Crippen molar-refractivity contribution in [2.75, 3.05) is 24.5 Å². The fraction of sp³-hybridized carbons (Fsp3) is 0.583. The van der Waals surface area contributed by atoms with Gasteiger partial charge in [0.05, 0.1) is 6.54 Å². The van der Waals surface area contributed by atoms with Crippen LogP contribution in [0.2, 0.25) is 0 Å². The molecular weight excluding hydrogens is 218 g/mol. The molecule has 4 heteroatoms. The largest absolute Gasteiger partial charge is 0.349 e. The Bertz CT molecular complexity index is 358. The number of hydrogen-bond donors (Lipinski definition) is 1. The second kappa shape index (κ2) is 7.26. The van der Waals surface area contributed by atoms with E-state index in [-0.39, 0.29) is 0 Å². The molecular formula is C12H19N3S. The quantitative estimate of drug-likeness (QED) is 0.606. The van der Waals surface area contributed by atoms with E-state index in [4.69, 9.17) is 0 Å². The van der Waals surface area contributed by atoms with Gasteiger partial charge in [-0.1, -0.05) is 5.92 Å². The molecule has 1 aromatic rings. The number of anilines is 1. The molecule has 0 unspecified atom stereocenters. The lowest BCUT2D eigenvalue weighted by molar-refractivity contribution is 0.779. The van der Waals surface area contributed by atoms with E-state index in [9.17, 15) is 0 Å². The van der Waals surface area contributed by atoms with E-state index >= 15 is 0 Å². The topological polar surface area (TPSA) is 28.2 Å². The first-order chi connectivity index (χ1) is 7.81. The second-order valence-corrected chi connectivity index (χ2v) is 4.41. The average Bonchev–Trinajstić information content (AvgIpc) is 2.75. The molecule has 0 spiro atoms. The number of nitrogens with zero attached hydrogens (tertiary/aromatic N) is 2. The molecule has 0 saturated heterocycles. The molecule has 1 rings (SSSR count). The summed E-state index contributed by atoms with van der Waals surface area (Å²) >= 11 is 1.75. The number of aromatic nitrogens is 1. The standard InChI is InChI=1S/C12H19N3S/c1-4-7-8-13-9-11-10-14-12(16-11)15(5-2)6-3/h10,13H,5-6,8-9H2,1-3H3. The third-order valence-electron chi connectivity index (χ3n) is 2.26. The molecule has 16 heavy (non-hydrogen) atoms. The molecule has 88 valence electrons. The zero-order valence-electron chi connectivity index (χ0n) is 10.2. The fourth-order valence-electron chi connectivity index (χ4n) is 1.36. The maximum Gasteiger partial charge on any atom is 0.185 e. The van der Waals surface area contributed by atoms with Crippen LogP contribution < -0.4 is 10.2 Å². The van der Waals surface area contributed by atoms with Crippen LogP contribution in [0.3, 0.4) is 0 Å². The van der Waals surface area contributed by atoms with Crippen molar-refractivity contribution in [1.82, 2.24) is 10.3 Å². The highest BCUT2D eigenvalue weighted by Gasteiger charge is 2.06. The van der Waals surface area contributed by atoms with Gasteiger partial charge in [0.25, 0.3) is 0 Å². The Morgan fingerprint density at radius 3 is 2.81 bits per heavy atom. The van der Waals surface area contributed by atoms with Gasteiger partial charge in [0, 0.05) is 30.7 Å². The van der Waals surface area contributed by atoms with E-state index in [0.717, 1.165) is 31.3 Å². The summed E-state index contributed by atoms with van der Waals surface area (Å²) in [6.07, 6.45) is 1.95. The monoisotopic (exact) mass is 237 g/mol. The van der Waals surface area contributed by atoms with E-state index in [1.54, 1.807) is 11.3 Å². The summed E-state index contributed by atoms with van der Waals surface area (Å²) < 4.78 is 0. The number of thiazole rings is 1. The molecule has 0 aliphatic heterocycles. The Balaban J connectivity index is 2.46. The van der Waals surface area contributed by atoms with Crippen LogP contribution in [0, 0.1) is 11.8 Å². The van der Waals surface area contributed by atoms with Crippen molar-refractivity contribution in [3.05, 3.63) is 11.1 Å². The second-order valence-electron chi connectivity index (χ2n) is 3.31. The summed E-state index contributed by atoms with van der Waals surface area (Å²) in [6, 6.07) is 0. The molecule has 1 N–H and O–H groups in total. The van der Waals surface area contributed by atoms with Gasteiger partial charge >= 0.3 is 0 Å². The number of nitrogens with one attached hydrogen (secondary N) is 1. The van der Waals surface area contributed by atoms with Crippen molar-refractivity contribution in [1.29, 1.82) is 0 Å². The predicted octanol–water partition coefficient (Wildman–Crippen LogP) is 2.10. The van der Waals surface area contributed by atoms with Crippen LogP contribution in [0.1, 0.15) is 25.6 Å². The number of hydrogen-bond acceptors (Lipinski definition) is 4. The zero-order valence-corrected chi connectivity index (χ0v) is 11.0. The summed E-state index contributed by atoms with van der Waals surface area (Å²) in [7, 11) is 0. The molecule has 0 aromatic carbocycles. The van der Waals surface area contributed by atoms with Gasteiger partial charge in [-0.05, 0) is 20.8 Å². The van der Waals surface area contributed by atoms with Crippen molar-refractivity contribution >= 4 is 16.5 Å². The average molecular weight is 237 g/mol. The molecule has 0 atom stereocenters. The minimum absolute atomic E-state index is 0.745. The Labute approximate surface area is 102 Å². The maximum atomic E-state index is 4.43.